The van der Waals surface area contributed by atoms with Gasteiger partial charge in [0.05, 0.1) is 0 Å². The summed E-state index contributed by atoms with van der Waals surface area (Å²) in [6.07, 6.45) is 4.72. The number of H-pyrrole nitrogens is 1. The van der Waals surface area contributed by atoms with Gasteiger partial charge in [-0.15, -0.1) is 0 Å². The average Bonchev–Trinajstić information content (AvgIpc) is 2.95. The highest BCUT2D eigenvalue weighted by molar-refractivity contribution is 5.87. The molecule has 0 aliphatic carbocycles. The summed E-state index contributed by atoms with van der Waals surface area (Å²) in [5.74, 6) is 1.47. The Kier molecular flexibility index (Phi) is 6.47. The van der Waals surface area contributed by atoms with Crippen molar-refractivity contribution in [2.45, 2.75) is 59.8 Å². The second-order valence-electron chi connectivity index (χ2n) is 7.67. The van der Waals surface area contributed by atoms with Gasteiger partial charge in [-0.25, -0.2) is 0 Å². The van der Waals surface area contributed by atoms with Crippen molar-refractivity contribution in [3.63, 3.8) is 0 Å². The zero-order chi connectivity index (χ0) is 17.7. The quantitative estimate of drug-likeness (QED) is 0.702. The number of rotatable bonds is 8. The molecule has 0 spiro atoms. The molecule has 0 aliphatic heterocycles. The van der Waals surface area contributed by atoms with Crippen molar-refractivity contribution >= 4 is 16.8 Å². The summed E-state index contributed by atoms with van der Waals surface area (Å²) < 4.78 is 0. The Morgan fingerprint density at radius 2 is 1.92 bits per heavy atom. The van der Waals surface area contributed by atoms with Crippen LogP contribution in [0, 0.1) is 11.8 Å². The van der Waals surface area contributed by atoms with Gasteiger partial charge in [0.15, 0.2) is 0 Å². The van der Waals surface area contributed by atoms with Crippen LogP contribution in [0.1, 0.15) is 64.5 Å². The lowest BCUT2D eigenvalue weighted by atomic mass is 9.87. The maximum atomic E-state index is 12.4. The summed E-state index contributed by atoms with van der Waals surface area (Å²) in [6, 6.07) is 6.48. The van der Waals surface area contributed by atoms with Gasteiger partial charge in [0.2, 0.25) is 5.91 Å². The lowest BCUT2D eigenvalue weighted by Crippen LogP contribution is -2.28. The number of aryl methyl sites for hydroxylation is 1. The fourth-order valence-electron chi connectivity index (χ4n) is 3.37. The second kappa shape index (κ2) is 8.36. The van der Waals surface area contributed by atoms with E-state index >= 15 is 0 Å². The molecule has 2 N–H and O–H groups in total. The minimum absolute atomic E-state index is 0.162. The molecule has 1 atom stereocenters. The Morgan fingerprint density at radius 3 is 2.54 bits per heavy atom. The number of aromatic nitrogens is 1. The fourth-order valence-corrected chi connectivity index (χ4v) is 3.37. The molecule has 0 saturated heterocycles. The molecule has 0 radical (unpaired) electrons. The number of benzene rings is 1. The molecular formula is C21H32N2O. The van der Waals surface area contributed by atoms with Crippen LogP contribution in [-0.2, 0) is 11.2 Å². The van der Waals surface area contributed by atoms with Gasteiger partial charge < -0.3 is 10.3 Å². The molecule has 132 valence electrons. The summed E-state index contributed by atoms with van der Waals surface area (Å²) in [7, 11) is 0. The van der Waals surface area contributed by atoms with Gasteiger partial charge in [-0.05, 0) is 41.7 Å². The van der Waals surface area contributed by atoms with Crippen LogP contribution < -0.4 is 5.32 Å². The molecule has 1 aromatic carbocycles. The summed E-state index contributed by atoms with van der Waals surface area (Å²) in [6.45, 7) is 11.6. The number of amides is 1. The van der Waals surface area contributed by atoms with Gasteiger partial charge in [-0.1, -0.05) is 52.8 Å². The molecule has 0 aliphatic rings. The molecule has 3 nitrogen and oxygen atoms in total. The Balaban J connectivity index is 2.26. The van der Waals surface area contributed by atoms with Crippen LogP contribution in [0.25, 0.3) is 10.9 Å². The van der Waals surface area contributed by atoms with Gasteiger partial charge in [-0.3, -0.25) is 4.79 Å². The molecule has 24 heavy (non-hydrogen) atoms. The first-order valence-corrected chi connectivity index (χ1v) is 9.27. The highest BCUT2D eigenvalue weighted by Crippen LogP contribution is 2.33. The van der Waals surface area contributed by atoms with Gasteiger partial charge in [0, 0.05) is 30.1 Å². The molecule has 2 aromatic rings. The summed E-state index contributed by atoms with van der Waals surface area (Å²) >= 11 is 0. The van der Waals surface area contributed by atoms with Crippen LogP contribution in [0.15, 0.2) is 24.4 Å². The highest BCUT2D eigenvalue weighted by Gasteiger charge is 2.21. The highest BCUT2D eigenvalue weighted by atomic mass is 16.1. The lowest BCUT2D eigenvalue weighted by Gasteiger charge is -2.19. The standard InChI is InChI=1S/C21H32N2O/c1-6-16-8-7-9-18-19(13-23-21(16)18)17(10-14(2)3)11-20(24)22-12-15(4)5/h7-9,13-15,17,23H,6,10-12H2,1-5H3,(H,22,24)/t17-/m0/s1. The first kappa shape index (κ1) is 18.6. The molecule has 0 fully saturated rings. The van der Waals surface area contributed by atoms with Crippen molar-refractivity contribution < 1.29 is 4.79 Å². The topological polar surface area (TPSA) is 44.9 Å². The zero-order valence-corrected chi connectivity index (χ0v) is 15.8. The molecule has 1 heterocycles. The van der Waals surface area contributed by atoms with Gasteiger partial charge in [0.25, 0.3) is 0 Å². The minimum atomic E-state index is 0.162. The summed E-state index contributed by atoms with van der Waals surface area (Å²) in [5.41, 5.74) is 3.85. The predicted octanol–water partition coefficient (Wildman–Crippen LogP) is 5.02. The van der Waals surface area contributed by atoms with E-state index in [-0.39, 0.29) is 11.8 Å². The van der Waals surface area contributed by atoms with Crippen molar-refractivity contribution in [2.24, 2.45) is 11.8 Å². The van der Waals surface area contributed by atoms with Crippen molar-refractivity contribution in [3.8, 4) is 0 Å². The Morgan fingerprint density at radius 1 is 1.17 bits per heavy atom. The van der Waals surface area contributed by atoms with E-state index in [4.69, 9.17) is 0 Å². The SMILES string of the molecule is CCc1cccc2c([C@H](CC(=O)NCC(C)C)CC(C)C)c[nH]c12. The van der Waals surface area contributed by atoms with E-state index in [2.05, 4.69) is 69.3 Å². The monoisotopic (exact) mass is 328 g/mol. The molecule has 0 unspecified atom stereocenters. The smallest absolute Gasteiger partial charge is 0.220 e. The Bertz CT molecular complexity index is 670. The van der Waals surface area contributed by atoms with Crippen molar-refractivity contribution in [1.29, 1.82) is 0 Å². The number of carbonyl (C=O) groups is 1. The number of fused-ring (bicyclic) bond motifs is 1. The van der Waals surface area contributed by atoms with Crippen LogP contribution in [0.3, 0.4) is 0 Å². The van der Waals surface area contributed by atoms with Crippen molar-refractivity contribution in [3.05, 3.63) is 35.5 Å². The first-order chi connectivity index (χ1) is 11.4. The average molecular weight is 328 g/mol. The van der Waals surface area contributed by atoms with E-state index in [1.54, 1.807) is 0 Å². The lowest BCUT2D eigenvalue weighted by molar-refractivity contribution is -0.121. The van der Waals surface area contributed by atoms with E-state index in [0.717, 1.165) is 19.4 Å². The van der Waals surface area contributed by atoms with E-state index in [1.807, 2.05) is 0 Å². The molecular weight excluding hydrogens is 296 g/mol. The third-order valence-corrected chi connectivity index (χ3v) is 4.55. The van der Waals surface area contributed by atoms with Crippen molar-refractivity contribution in [2.75, 3.05) is 6.54 Å². The van der Waals surface area contributed by atoms with Crippen LogP contribution in [-0.4, -0.2) is 17.4 Å². The van der Waals surface area contributed by atoms with Gasteiger partial charge in [0.1, 0.15) is 0 Å². The van der Waals surface area contributed by atoms with Gasteiger partial charge in [-0.2, -0.15) is 0 Å². The summed E-state index contributed by atoms with van der Waals surface area (Å²) in [4.78, 5) is 15.8. The summed E-state index contributed by atoms with van der Waals surface area (Å²) in [5, 5.41) is 4.34. The maximum absolute atomic E-state index is 12.4. The third-order valence-electron chi connectivity index (χ3n) is 4.55. The maximum Gasteiger partial charge on any atom is 0.220 e. The molecule has 0 bridgehead atoms. The van der Waals surface area contributed by atoms with E-state index < -0.39 is 0 Å². The number of nitrogens with one attached hydrogen (secondary N) is 2. The largest absolute Gasteiger partial charge is 0.361 e. The number of aromatic amines is 1. The van der Waals surface area contributed by atoms with E-state index in [1.165, 1.54) is 22.0 Å². The number of hydrogen-bond acceptors (Lipinski definition) is 1. The van der Waals surface area contributed by atoms with Gasteiger partial charge >= 0.3 is 0 Å². The molecule has 3 heteroatoms. The Hall–Kier alpha value is -1.77. The number of hydrogen-bond donors (Lipinski definition) is 2. The normalized spacial score (nSPS) is 13.0. The predicted molar refractivity (Wildman–Crippen MR) is 102 cm³/mol. The first-order valence-electron chi connectivity index (χ1n) is 9.27. The van der Waals surface area contributed by atoms with Crippen LogP contribution in [0.4, 0.5) is 0 Å². The number of para-hydroxylation sites is 1. The Labute approximate surface area is 146 Å². The van der Waals surface area contributed by atoms with E-state index in [0.29, 0.717) is 18.3 Å². The second-order valence-corrected chi connectivity index (χ2v) is 7.67. The molecule has 0 saturated carbocycles. The van der Waals surface area contributed by atoms with Crippen molar-refractivity contribution in [1.82, 2.24) is 10.3 Å². The minimum Gasteiger partial charge on any atom is -0.361 e. The zero-order valence-electron chi connectivity index (χ0n) is 15.8. The van der Waals surface area contributed by atoms with Crippen LogP contribution in [0.2, 0.25) is 0 Å². The van der Waals surface area contributed by atoms with Crippen LogP contribution in [0.5, 0.6) is 0 Å². The molecule has 1 amide bonds. The molecule has 1 aromatic heterocycles. The van der Waals surface area contributed by atoms with Crippen LogP contribution >= 0.6 is 0 Å². The third kappa shape index (κ3) is 4.62. The van der Waals surface area contributed by atoms with E-state index in [9.17, 15) is 4.79 Å². The fraction of sp³-hybridized carbons (Fsp3) is 0.571. The molecule has 2 rings (SSSR count). The number of carbonyl (C=O) groups excluding carboxylic acids is 1.